The number of nitrogens with two attached hydrogens (primary N) is 1. The third kappa shape index (κ3) is 3.00. The number of likely N-dealkylation sites (tertiary alicyclic amines) is 1. The van der Waals surface area contributed by atoms with Crippen molar-refractivity contribution in [2.75, 3.05) is 19.6 Å². The minimum atomic E-state index is 0.315. The molecular weight excluding hydrogens is 236 g/mol. The molecule has 2 N–H and O–H groups in total. The number of imidazole rings is 1. The number of aromatic nitrogens is 2. The fourth-order valence-corrected chi connectivity index (χ4v) is 3.41. The fourth-order valence-electron chi connectivity index (χ4n) is 3.41. The highest BCUT2D eigenvalue weighted by molar-refractivity contribution is 5.09. The van der Waals surface area contributed by atoms with Crippen molar-refractivity contribution in [2.24, 2.45) is 11.7 Å². The Balaban J connectivity index is 1.59. The zero-order valence-corrected chi connectivity index (χ0v) is 12.0. The first-order chi connectivity index (χ1) is 9.24. The molecule has 0 saturated carbocycles. The SMILES string of the molecule is CCN1CCC(Cc2cn3c(n2)CC(N)CC3)CC1. The van der Waals surface area contributed by atoms with Gasteiger partial charge in [-0.2, -0.15) is 0 Å². The summed E-state index contributed by atoms with van der Waals surface area (Å²) < 4.78 is 2.32. The Labute approximate surface area is 116 Å². The second-order valence-corrected chi connectivity index (χ2v) is 6.18. The molecule has 2 aliphatic rings. The summed E-state index contributed by atoms with van der Waals surface area (Å²) in [4.78, 5) is 7.35. The number of hydrogen-bond donors (Lipinski definition) is 1. The Morgan fingerprint density at radius 2 is 2.05 bits per heavy atom. The van der Waals surface area contributed by atoms with E-state index in [0.29, 0.717) is 6.04 Å². The van der Waals surface area contributed by atoms with Gasteiger partial charge in [-0.25, -0.2) is 4.98 Å². The van der Waals surface area contributed by atoms with Crippen LogP contribution in [0.4, 0.5) is 0 Å². The van der Waals surface area contributed by atoms with Gasteiger partial charge in [-0.05, 0) is 51.2 Å². The molecule has 4 nitrogen and oxygen atoms in total. The molecule has 1 atom stereocenters. The summed E-state index contributed by atoms with van der Waals surface area (Å²) in [6, 6.07) is 0.315. The number of aryl methyl sites for hydroxylation is 1. The van der Waals surface area contributed by atoms with Crippen LogP contribution >= 0.6 is 0 Å². The van der Waals surface area contributed by atoms with Crippen LogP contribution in [0.5, 0.6) is 0 Å². The minimum Gasteiger partial charge on any atom is -0.335 e. The van der Waals surface area contributed by atoms with Crippen LogP contribution in [0.2, 0.25) is 0 Å². The molecule has 1 fully saturated rings. The van der Waals surface area contributed by atoms with Crippen molar-refractivity contribution >= 4 is 0 Å². The van der Waals surface area contributed by atoms with Gasteiger partial charge in [-0.15, -0.1) is 0 Å². The highest BCUT2D eigenvalue weighted by Gasteiger charge is 2.22. The Morgan fingerprint density at radius 3 is 2.79 bits per heavy atom. The van der Waals surface area contributed by atoms with Crippen molar-refractivity contribution in [2.45, 2.75) is 51.6 Å². The van der Waals surface area contributed by atoms with E-state index in [4.69, 9.17) is 10.7 Å². The fraction of sp³-hybridized carbons (Fsp3) is 0.800. The molecule has 1 saturated heterocycles. The van der Waals surface area contributed by atoms with E-state index in [9.17, 15) is 0 Å². The maximum absolute atomic E-state index is 6.01. The zero-order valence-electron chi connectivity index (χ0n) is 12.0. The van der Waals surface area contributed by atoms with Crippen LogP contribution < -0.4 is 5.73 Å². The second kappa shape index (κ2) is 5.63. The van der Waals surface area contributed by atoms with Gasteiger partial charge < -0.3 is 15.2 Å². The molecule has 2 aliphatic heterocycles. The summed E-state index contributed by atoms with van der Waals surface area (Å²) in [7, 11) is 0. The average Bonchev–Trinajstić information content (AvgIpc) is 2.81. The van der Waals surface area contributed by atoms with Gasteiger partial charge in [0.2, 0.25) is 0 Å². The lowest BCUT2D eigenvalue weighted by molar-refractivity contribution is 0.191. The van der Waals surface area contributed by atoms with Crippen LogP contribution in [0.15, 0.2) is 6.20 Å². The molecule has 19 heavy (non-hydrogen) atoms. The van der Waals surface area contributed by atoms with Gasteiger partial charge in [0, 0.05) is 25.2 Å². The molecule has 1 unspecified atom stereocenters. The normalized spacial score (nSPS) is 25.5. The van der Waals surface area contributed by atoms with Gasteiger partial charge in [0.25, 0.3) is 0 Å². The lowest BCUT2D eigenvalue weighted by Crippen LogP contribution is -2.34. The summed E-state index contributed by atoms with van der Waals surface area (Å²) >= 11 is 0. The van der Waals surface area contributed by atoms with E-state index in [0.717, 1.165) is 31.7 Å². The first-order valence-electron chi connectivity index (χ1n) is 7.77. The maximum atomic E-state index is 6.01. The van der Waals surface area contributed by atoms with Gasteiger partial charge in [0.05, 0.1) is 5.69 Å². The van der Waals surface area contributed by atoms with Crippen LogP contribution in [-0.2, 0) is 19.4 Å². The van der Waals surface area contributed by atoms with Crippen LogP contribution in [0, 0.1) is 5.92 Å². The molecular formula is C15H26N4. The molecule has 0 aliphatic carbocycles. The monoisotopic (exact) mass is 262 g/mol. The summed E-state index contributed by atoms with van der Waals surface area (Å²) in [5.74, 6) is 2.04. The first-order valence-corrected chi connectivity index (χ1v) is 7.77. The number of rotatable bonds is 3. The molecule has 0 spiro atoms. The van der Waals surface area contributed by atoms with E-state index in [-0.39, 0.29) is 0 Å². The highest BCUT2D eigenvalue weighted by atomic mass is 15.1. The van der Waals surface area contributed by atoms with Crippen molar-refractivity contribution in [3.8, 4) is 0 Å². The van der Waals surface area contributed by atoms with Crippen molar-refractivity contribution in [3.63, 3.8) is 0 Å². The van der Waals surface area contributed by atoms with Gasteiger partial charge in [-0.1, -0.05) is 6.92 Å². The Morgan fingerprint density at radius 1 is 1.26 bits per heavy atom. The molecule has 0 aromatic carbocycles. The molecule has 1 aromatic rings. The van der Waals surface area contributed by atoms with Crippen molar-refractivity contribution in [3.05, 3.63) is 17.7 Å². The smallest absolute Gasteiger partial charge is 0.110 e. The number of piperidine rings is 1. The highest BCUT2D eigenvalue weighted by Crippen LogP contribution is 2.22. The molecule has 0 radical (unpaired) electrons. The predicted molar refractivity (Wildman–Crippen MR) is 77.1 cm³/mol. The van der Waals surface area contributed by atoms with Crippen molar-refractivity contribution in [1.29, 1.82) is 0 Å². The van der Waals surface area contributed by atoms with E-state index in [1.807, 2.05) is 0 Å². The summed E-state index contributed by atoms with van der Waals surface area (Å²) in [6.07, 6.45) is 8.14. The van der Waals surface area contributed by atoms with E-state index < -0.39 is 0 Å². The van der Waals surface area contributed by atoms with Crippen LogP contribution in [0.25, 0.3) is 0 Å². The van der Waals surface area contributed by atoms with E-state index >= 15 is 0 Å². The third-order valence-electron chi connectivity index (χ3n) is 4.75. The van der Waals surface area contributed by atoms with E-state index in [1.54, 1.807) is 0 Å². The third-order valence-corrected chi connectivity index (χ3v) is 4.75. The lowest BCUT2D eigenvalue weighted by atomic mass is 9.92. The second-order valence-electron chi connectivity index (χ2n) is 6.18. The van der Waals surface area contributed by atoms with Gasteiger partial charge in [0.1, 0.15) is 5.82 Å². The van der Waals surface area contributed by atoms with E-state index in [2.05, 4.69) is 22.6 Å². The Bertz CT molecular complexity index is 418. The average molecular weight is 262 g/mol. The van der Waals surface area contributed by atoms with Crippen LogP contribution in [0.1, 0.15) is 37.7 Å². The van der Waals surface area contributed by atoms with Gasteiger partial charge in [0.15, 0.2) is 0 Å². The van der Waals surface area contributed by atoms with Crippen LogP contribution in [-0.4, -0.2) is 40.1 Å². The van der Waals surface area contributed by atoms with E-state index in [1.165, 1.54) is 44.0 Å². The number of nitrogens with zero attached hydrogens (tertiary/aromatic N) is 3. The largest absolute Gasteiger partial charge is 0.335 e. The minimum absolute atomic E-state index is 0.315. The zero-order chi connectivity index (χ0) is 13.2. The Kier molecular flexibility index (Phi) is 3.89. The summed E-state index contributed by atoms with van der Waals surface area (Å²) in [6.45, 7) is 7.04. The lowest BCUT2D eigenvalue weighted by Gasteiger charge is -2.30. The maximum Gasteiger partial charge on any atom is 0.110 e. The summed E-state index contributed by atoms with van der Waals surface area (Å²) in [5.41, 5.74) is 7.31. The first kappa shape index (κ1) is 13.1. The molecule has 0 bridgehead atoms. The molecule has 3 rings (SSSR count). The van der Waals surface area contributed by atoms with Crippen molar-refractivity contribution in [1.82, 2.24) is 14.5 Å². The number of fused-ring (bicyclic) bond motifs is 1. The topological polar surface area (TPSA) is 47.1 Å². The standard InChI is InChI=1S/C15H26N4/c1-2-18-6-3-12(4-7-18)9-14-11-19-8-5-13(16)10-15(19)17-14/h11-13H,2-10,16H2,1H3. The van der Waals surface area contributed by atoms with Crippen molar-refractivity contribution < 1.29 is 0 Å². The molecule has 3 heterocycles. The van der Waals surface area contributed by atoms with Crippen LogP contribution in [0.3, 0.4) is 0 Å². The van der Waals surface area contributed by atoms with Gasteiger partial charge >= 0.3 is 0 Å². The molecule has 0 amide bonds. The molecule has 4 heteroatoms. The molecule has 106 valence electrons. The summed E-state index contributed by atoms with van der Waals surface area (Å²) in [5, 5.41) is 0. The Hall–Kier alpha value is -0.870. The molecule has 1 aromatic heterocycles. The van der Waals surface area contributed by atoms with Gasteiger partial charge in [-0.3, -0.25) is 0 Å². The number of hydrogen-bond acceptors (Lipinski definition) is 3. The quantitative estimate of drug-likeness (QED) is 0.896. The predicted octanol–water partition coefficient (Wildman–Crippen LogP) is 1.43.